The molecular formula is C37H27LiN8O7. The van der Waals surface area contributed by atoms with Crippen LogP contribution in [0.4, 0.5) is 0 Å². The molecule has 0 saturated heterocycles. The Balaban J connectivity index is 0.000000197. The van der Waals surface area contributed by atoms with Crippen LogP contribution in [0.15, 0.2) is 131 Å². The molecule has 0 aliphatic rings. The Kier molecular flexibility index (Phi) is 11.2. The van der Waals surface area contributed by atoms with Gasteiger partial charge in [0.2, 0.25) is 0 Å². The Morgan fingerprint density at radius 3 is 1.57 bits per heavy atom. The molecule has 0 atom stereocenters. The third-order valence-electron chi connectivity index (χ3n) is 7.94. The average Bonchev–Trinajstić information content (AvgIpc) is 3.86. The molecule has 0 fully saturated rings. The normalized spacial score (nSPS) is 10.4. The maximum absolute atomic E-state index is 12.4. The predicted octanol–water partition coefficient (Wildman–Crippen LogP) is 1.86. The van der Waals surface area contributed by atoms with Crippen molar-refractivity contribution in [3.05, 3.63) is 153 Å². The Morgan fingerprint density at radius 2 is 1.09 bits per heavy atom. The number of carbonyl (C=O) groups is 2. The van der Waals surface area contributed by atoms with Crippen LogP contribution in [-0.4, -0.2) is 69.6 Å². The Bertz CT molecular complexity index is 2720. The molecule has 15 nitrogen and oxygen atoms in total. The first-order valence-corrected chi connectivity index (χ1v) is 15.4. The van der Waals surface area contributed by atoms with E-state index >= 15 is 0 Å². The molecule has 4 aromatic carbocycles. The summed E-state index contributed by atoms with van der Waals surface area (Å²) in [5, 5.41) is 27.1. The second-order valence-corrected chi connectivity index (χ2v) is 11.2. The molecule has 0 aliphatic carbocycles. The van der Waals surface area contributed by atoms with E-state index in [0.717, 1.165) is 21.8 Å². The zero-order valence-electron chi connectivity index (χ0n) is 28.2. The van der Waals surface area contributed by atoms with Crippen molar-refractivity contribution in [2.24, 2.45) is 0 Å². The molecule has 0 unspecified atom stereocenters. The average molecular weight is 703 g/mol. The molecule has 0 aliphatic heterocycles. The molecule has 258 valence electrons. The third kappa shape index (κ3) is 7.87. The van der Waals surface area contributed by atoms with Crippen LogP contribution in [0, 0.1) is 0 Å². The van der Waals surface area contributed by atoms with Gasteiger partial charge in [0, 0.05) is 11.0 Å². The summed E-state index contributed by atoms with van der Waals surface area (Å²) in [6.07, 6.45) is 3.25. The van der Waals surface area contributed by atoms with Gasteiger partial charge < -0.3 is 25.3 Å². The maximum Gasteiger partial charge on any atom is 1.00 e. The summed E-state index contributed by atoms with van der Waals surface area (Å²) in [7, 11) is 1.33. The summed E-state index contributed by atoms with van der Waals surface area (Å²) in [6.45, 7) is 0. The van der Waals surface area contributed by atoms with E-state index in [-0.39, 0.29) is 41.0 Å². The van der Waals surface area contributed by atoms with Crippen LogP contribution < -0.4 is 30.0 Å². The van der Waals surface area contributed by atoms with Crippen LogP contribution >= 0.6 is 0 Å². The van der Waals surface area contributed by atoms with Crippen LogP contribution in [0.5, 0.6) is 0 Å². The number of esters is 1. The van der Waals surface area contributed by atoms with Crippen LogP contribution in [0.25, 0.3) is 55.7 Å². The van der Waals surface area contributed by atoms with Gasteiger partial charge in [-0.25, -0.2) is 19.0 Å². The number of nitrogens with zero attached hydrogens (tertiary/aromatic N) is 6. The number of aromatic amines is 2. The first-order chi connectivity index (χ1) is 24.8. The molecule has 0 bridgehead atoms. The summed E-state index contributed by atoms with van der Waals surface area (Å²) in [5.74, 6) is -1.45. The number of ether oxygens (including phenoxy) is 1. The number of rotatable bonds is 6. The number of aromatic nitrogens is 8. The molecule has 0 spiro atoms. The van der Waals surface area contributed by atoms with Crippen molar-refractivity contribution in [1.82, 2.24) is 40.0 Å². The molecule has 0 amide bonds. The van der Waals surface area contributed by atoms with Gasteiger partial charge in [-0.2, -0.15) is 0 Å². The number of fused-ring (bicyclic) bond motifs is 2. The number of carboxylic acid groups (broad SMARTS) is 1. The Hall–Kier alpha value is -6.92. The summed E-state index contributed by atoms with van der Waals surface area (Å²) < 4.78 is 7.68. The van der Waals surface area contributed by atoms with Crippen molar-refractivity contribution in [1.29, 1.82) is 0 Å². The number of carboxylic acids is 1. The van der Waals surface area contributed by atoms with E-state index in [9.17, 15) is 19.2 Å². The topological polar surface area (TPSA) is 221 Å². The van der Waals surface area contributed by atoms with Gasteiger partial charge in [0.15, 0.2) is 0 Å². The quantitative estimate of drug-likeness (QED) is 0.168. The molecular weight excluding hydrogens is 675 g/mol. The first kappa shape index (κ1) is 37.3. The van der Waals surface area contributed by atoms with Crippen molar-refractivity contribution in [3.63, 3.8) is 0 Å². The van der Waals surface area contributed by atoms with Crippen molar-refractivity contribution < 1.29 is 43.8 Å². The molecule has 16 heteroatoms. The summed E-state index contributed by atoms with van der Waals surface area (Å²) in [4.78, 5) is 53.1. The van der Waals surface area contributed by atoms with Crippen molar-refractivity contribution >= 4 is 33.7 Å². The van der Waals surface area contributed by atoms with E-state index in [0.29, 0.717) is 39.5 Å². The van der Waals surface area contributed by atoms with Crippen molar-refractivity contribution in [3.8, 4) is 33.9 Å². The SMILES string of the molecule is COC(=O)c1cccc(-n2cc(-c3cc4ccccc4[nH]c3=O)nn2)c1.O=C(O)c1cccc(-n2cc(-c3cc4ccccc4[nH]c3=O)nn2)c1.[Li+].[OH-]. The number of hydrogen-bond acceptors (Lipinski definition) is 10. The molecule has 53 heavy (non-hydrogen) atoms. The van der Waals surface area contributed by atoms with E-state index in [1.807, 2.05) is 48.5 Å². The molecule has 0 saturated carbocycles. The standard InChI is InChI=1S/C19H14N4O3.C18H12N4O3.Li.H2O/c1-26-19(25)13-6-4-7-14(9-13)23-11-17(21-22-23)15-10-12-5-2-3-8-16(12)20-18(15)24;23-17-14(9-11-4-1-2-7-15(11)19-17)16-10-22(21-20-16)13-6-3-5-12(8-13)18(24)25;;/h2-11H,1H3,(H,20,24);1-10H,(H,19,23)(H,24,25);;1H2/q;;+1;/p-1. The molecule has 0 radical (unpaired) electrons. The number of benzene rings is 4. The monoisotopic (exact) mass is 702 g/mol. The van der Waals surface area contributed by atoms with E-state index in [4.69, 9.17) is 9.84 Å². The van der Waals surface area contributed by atoms with Gasteiger partial charge in [-0.1, -0.05) is 59.0 Å². The minimum Gasteiger partial charge on any atom is -0.870 e. The van der Waals surface area contributed by atoms with Gasteiger partial charge in [-0.05, 0) is 71.4 Å². The molecule has 4 heterocycles. The molecule has 8 rings (SSSR count). The van der Waals surface area contributed by atoms with Crippen molar-refractivity contribution in [2.75, 3.05) is 7.11 Å². The number of nitrogens with one attached hydrogen (secondary N) is 2. The fraction of sp³-hybridized carbons (Fsp3) is 0.0270. The second kappa shape index (κ2) is 16.0. The summed E-state index contributed by atoms with van der Waals surface area (Å²) >= 11 is 0. The number of aromatic carboxylic acids is 1. The summed E-state index contributed by atoms with van der Waals surface area (Å²) in [5.41, 5.74) is 4.45. The number of methoxy groups -OCH3 is 1. The number of carbonyl (C=O) groups excluding carboxylic acids is 1. The number of pyridine rings is 2. The van der Waals surface area contributed by atoms with E-state index in [1.54, 1.807) is 60.9 Å². The zero-order valence-corrected chi connectivity index (χ0v) is 28.2. The number of hydrogen-bond donors (Lipinski definition) is 3. The Labute approximate surface area is 311 Å². The maximum atomic E-state index is 12.4. The van der Waals surface area contributed by atoms with Gasteiger partial charge in [0.05, 0.1) is 53.1 Å². The predicted molar refractivity (Wildman–Crippen MR) is 190 cm³/mol. The third-order valence-corrected chi connectivity index (χ3v) is 7.94. The van der Waals surface area contributed by atoms with Crippen LogP contribution in [0.2, 0.25) is 0 Å². The first-order valence-electron chi connectivity index (χ1n) is 15.4. The van der Waals surface area contributed by atoms with E-state index in [2.05, 4.69) is 30.6 Å². The second-order valence-electron chi connectivity index (χ2n) is 11.2. The van der Waals surface area contributed by atoms with Crippen LogP contribution in [0.1, 0.15) is 20.7 Å². The smallest absolute Gasteiger partial charge is 0.870 e. The van der Waals surface area contributed by atoms with Gasteiger partial charge >= 0.3 is 30.8 Å². The van der Waals surface area contributed by atoms with Gasteiger partial charge in [0.25, 0.3) is 11.1 Å². The Morgan fingerprint density at radius 1 is 0.642 bits per heavy atom. The number of H-pyrrole nitrogens is 2. The van der Waals surface area contributed by atoms with E-state index < -0.39 is 11.9 Å². The fourth-order valence-corrected chi connectivity index (χ4v) is 5.38. The zero-order chi connectivity index (χ0) is 35.5. The van der Waals surface area contributed by atoms with E-state index in [1.165, 1.54) is 28.6 Å². The largest absolute Gasteiger partial charge is 1.00 e. The van der Waals surface area contributed by atoms with Gasteiger partial charge in [-0.15, -0.1) is 10.2 Å². The minimum absolute atomic E-state index is 0. The molecule has 4 N–H and O–H groups in total. The van der Waals surface area contributed by atoms with Crippen molar-refractivity contribution in [2.45, 2.75) is 0 Å². The minimum atomic E-state index is -1.02. The molecule has 4 aromatic heterocycles. The summed E-state index contributed by atoms with van der Waals surface area (Å²) in [6, 6.07) is 31.7. The van der Waals surface area contributed by atoms with Crippen LogP contribution in [-0.2, 0) is 4.74 Å². The molecule has 8 aromatic rings. The van der Waals surface area contributed by atoms with Crippen LogP contribution in [0.3, 0.4) is 0 Å². The fourth-order valence-electron chi connectivity index (χ4n) is 5.38. The number of para-hydroxylation sites is 2. The van der Waals surface area contributed by atoms with Gasteiger partial charge in [0.1, 0.15) is 11.4 Å². The van der Waals surface area contributed by atoms with Gasteiger partial charge in [-0.3, -0.25) is 9.59 Å².